The molecule has 25 heavy (non-hydrogen) atoms. The van der Waals surface area contributed by atoms with Crippen molar-refractivity contribution in [3.8, 4) is 5.75 Å². The van der Waals surface area contributed by atoms with Crippen molar-refractivity contribution in [2.45, 2.75) is 52.4 Å². The summed E-state index contributed by atoms with van der Waals surface area (Å²) in [6.07, 6.45) is 1.77. The maximum absolute atomic E-state index is 10.7. The molecule has 0 radical (unpaired) electrons. The van der Waals surface area contributed by atoms with Gasteiger partial charge in [-0.25, -0.2) is 0 Å². The quantitative estimate of drug-likeness (QED) is 0.515. The first-order valence-electron chi connectivity index (χ1n) is 8.41. The predicted molar refractivity (Wildman–Crippen MR) is 108 cm³/mol. The number of phenolic OH excluding ortho intramolecular Hbond substituents is 1. The summed E-state index contributed by atoms with van der Waals surface area (Å²) in [6, 6.07) is 11.4. The fraction of sp³-hybridized carbons (Fsp3) is 0.381. The minimum absolute atomic E-state index is 0.158. The highest BCUT2D eigenvalue weighted by Crippen LogP contribution is 2.39. The second-order valence-corrected chi connectivity index (χ2v) is 8.78. The van der Waals surface area contributed by atoms with Crippen molar-refractivity contribution in [2.24, 2.45) is 5.10 Å². The zero-order chi connectivity index (χ0) is 18.8. The van der Waals surface area contributed by atoms with Gasteiger partial charge in [0.05, 0.1) is 11.9 Å². The molecule has 0 heterocycles. The molecule has 0 aliphatic carbocycles. The highest BCUT2D eigenvalue weighted by atomic mass is 35.5. The molecule has 0 aliphatic heterocycles. The molecule has 3 nitrogen and oxygen atoms in total. The largest absolute Gasteiger partial charge is 0.507 e. The summed E-state index contributed by atoms with van der Waals surface area (Å²) in [7, 11) is 0. The molecular weight excluding hydrogens is 332 g/mol. The third-order valence-corrected chi connectivity index (χ3v) is 4.22. The first-order valence-corrected chi connectivity index (χ1v) is 8.79. The standard InChI is InChI=1S/C21H27ClN2O/c1-20(2,3)17-10-14(11-18(19(17)25)21(4,5)6)13-23-24-16-9-7-8-15(22)12-16/h7-13,24-25H,1-6H3. The van der Waals surface area contributed by atoms with Crippen LogP contribution in [0.5, 0.6) is 5.75 Å². The van der Waals surface area contributed by atoms with Gasteiger partial charge in [-0.3, -0.25) is 5.43 Å². The average Bonchev–Trinajstić information content (AvgIpc) is 2.46. The van der Waals surface area contributed by atoms with Gasteiger partial charge in [0.1, 0.15) is 5.75 Å². The number of hydrazone groups is 1. The molecule has 0 fully saturated rings. The van der Waals surface area contributed by atoms with Crippen molar-refractivity contribution in [2.75, 3.05) is 5.43 Å². The predicted octanol–water partition coefficient (Wildman–Crippen LogP) is 6.09. The van der Waals surface area contributed by atoms with E-state index in [1.54, 1.807) is 6.21 Å². The van der Waals surface area contributed by atoms with E-state index in [1.165, 1.54) is 0 Å². The summed E-state index contributed by atoms with van der Waals surface area (Å²) in [5.41, 5.74) is 6.29. The number of phenols is 1. The molecule has 2 aromatic carbocycles. The number of benzene rings is 2. The van der Waals surface area contributed by atoms with E-state index in [4.69, 9.17) is 11.6 Å². The summed E-state index contributed by atoms with van der Waals surface area (Å²) in [5.74, 6) is 0.375. The van der Waals surface area contributed by atoms with Gasteiger partial charge >= 0.3 is 0 Å². The summed E-state index contributed by atoms with van der Waals surface area (Å²) in [6.45, 7) is 12.6. The van der Waals surface area contributed by atoms with Crippen LogP contribution >= 0.6 is 11.6 Å². The lowest BCUT2D eigenvalue weighted by Gasteiger charge is -2.27. The first kappa shape index (κ1) is 19.3. The second kappa shape index (κ2) is 7.09. The monoisotopic (exact) mass is 358 g/mol. The van der Waals surface area contributed by atoms with Crippen LogP contribution in [0, 0.1) is 0 Å². The molecule has 134 valence electrons. The van der Waals surface area contributed by atoms with Crippen LogP contribution in [0.4, 0.5) is 5.69 Å². The molecule has 2 N–H and O–H groups in total. The fourth-order valence-corrected chi connectivity index (χ4v) is 2.80. The number of nitrogens with zero attached hydrogens (tertiary/aromatic N) is 1. The van der Waals surface area contributed by atoms with Crippen molar-refractivity contribution in [3.63, 3.8) is 0 Å². The molecule has 2 rings (SSSR count). The summed E-state index contributed by atoms with van der Waals surface area (Å²) in [5, 5.41) is 15.7. The molecule has 0 atom stereocenters. The van der Waals surface area contributed by atoms with Gasteiger partial charge < -0.3 is 5.11 Å². The Hall–Kier alpha value is -2.00. The van der Waals surface area contributed by atoms with Gasteiger partial charge in [-0.05, 0) is 46.7 Å². The van der Waals surface area contributed by atoms with Gasteiger partial charge in [-0.1, -0.05) is 59.2 Å². The number of rotatable bonds is 3. The molecule has 0 unspecified atom stereocenters. The van der Waals surface area contributed by atoms with Crippen molar-refractivity contribution in [3.05, 3.63) is 58.1 Å². The maximum atomic E-state index is 10.7. The van der Waals surface area contributed by atoms with E-state index in [9.17, 15) is 5.11 Å². The van der Waals surface area contributed by atoms with Crippen molar-refractivity contribution in [1.82, 2.24) is 0 Å². The van der Waals surface area contributed by atoms with E-state index in [-0.39, 0.29) is 10.8 Å². The highest BCUT2D eigenvalue weighted by molar-refractivity contribution is 6.30. The topological polar surface area (TPSA) is 44.6 Å². The summed E-state index contributed by atoms with van der Waals surface area (Å²) in [4.78, 5) is 0. The van der Waals surface area contributed by atoms with E-state index in [0.29, 0.717) is 10.8 Å². The molecule has 0 bridgehead atoms. The number of anilines is 1. The van der Waals surface area contributed by atoms with Crippen LogP contribution in [-0.2, 0) is 10.8 Å². The van der Waals surface area contributed by atoms with Gasteiger partial charge in [0.15, 0.2) is 0 Å². The number of hydrogen-bond acceptors (Lipinski definition) is 3. The Balaban J connectivity index is 2.38. The Bertz CT molecular complexity index is 748. The smallest absolute Gasteiger partial charge is 0.123 e. The van der Waals surface area contributed by atoms with Gasteiger partial charge in [-0.15, -0.1) is 0 Å². The lowest BCUT2D eigenvalue weighted by molar-refractivity contribution is 0.423. The maximum Gasteiger partial charge on any atom is 0.123 e. The molecular formula is C21H27ClN2O. The zero-order valence-electron chi connectivity index (χ0n) is 15.8. The Labute approximate surface area is 155 Å². The second-order valence-electron chi connectivity index (χ2n) is 8.34. The Morgan fingerprint density at radius 2 is 1.52 bits per heavy atom. The molecule has 0 saturated heterocycles. The number of nitrogens with one attached hydrogen (secondary N) is 1. The van der Waals surface area contributed by atoms with Crippen LogP contribution in [-0.4, -0.2) is 11.3 Å². The Morgan fingerprint density at radius 1 is 0.960 bits per heavy atom. The van der Waals surface area contributed by atoms with E-state index >= 15 is 0 Å². The van der Waals surface area contributed by atoms with Gasteiger partial charge in [0.25, 0.3) is 0 Å². The number of hydrogen-bond donors (Lipinski definition) is 2. The van der Waals surface area contributed by atoms with E-state index in [0.717, 1.165) is 22.4 Å². The minimum Gasteiger partial charge on any atom is -0.507 e. The Kier molecular flexibility index (Phi) is 5.48. The average molecular weight is 359 g/mol. The summed E-state index contributed by atoms with van der Waals surface area (Å²) < 4.78 is 0. The Morgan fingerprint density at radius 3 is 2.00 bits per heavy atom. The molecule has 0 saturated carbocycles. The van der Waals surface area contributed by atoms with Gasteiger partial charge in [0.2, 0.25) is 0 Å². The summed E-state index contributed by atoms with van der Waals surface area (Å²) >= 11 is 5.98. The first-order chi connectivity index (χ1) is 11.5. The molecule has 0 spiro atoms. The van der Waals surface area contributed by atoms with Crippen LogP contribution < -0.4 is 5.43 Å². The molecule has 0 amide bonds. The molecule has 0 aromatic heterocycles. The van der Waals surface area contributed by atoms with E-state index in [2.05, 4.69) is 52.1 Å². The van der Waals surface area contributed by atoms with E-state index < -0.39 is 0 Å². The molecule has 2 aromatic rings. The fourth-order valence-electron chi connectivity index (χ4n) is 2.61. The third-order valence-electron chi connectivity index (χ3n) is 3.98. The lowest BCUT2D eigenvalue weighted by atomic mass is 9.78. The van der Waals surface area contributed by atoms with E-state index in [1.807, 2.05) is 36.4 Å². The van der Waals surface area contributed by atoms with Gasteiger partial charge in [-0.2, -0.15) is 5.10 Å². The normalized spacial score (nSPS) is 12.6. The van der Waals surface area contributed by atoms with Gasteiger partial charge in [0, 0.05) is 16.1 Å². The highest BCUT2D eigenvalue weighted by Gasteiger charge is 2.26. The van der Waals surface area contributed by atoms with Crippen molar-refractivity contribution < 1.29 is 5.11 Å². The third kappa shape index (κ3) is 4.99. The van der Waals surface area contributed by atoms with Crippen LogP contribution in [0.3, 0.4) is 0 Å². The minimum atomic E-state index is -0.158. The van der Waals surface area contributed by atoms with Crippen LogP contribution in [0.1, 0.15) is 58.2 Å². The SMILES string of the molecule is CC(C)(C)c1cc(C=NNc2cccc(Cl)c2)cc(C(C)(C)C)c1O. The lowest BCUT2D eigenvalue weighted by Crippen LogP contribution is -2.17. The van der Waals surface area contributed by atoms with Crippen LogP contribution in [0.25, 0.3) is 0 Å². The van der Waals surface area contributed by atoms with Crippen molar-refractivity contribution in [1.29, 1.82) is 0 Å². The number of halogens is 1. The molecule has 0 aliphatic rings. The number of aromatic hydroxyl groups is 1. The van der Waals surface area contributed by atoms with Crippen molar-refractivity contribution >= 4 is 23.5 Å². The molecule has 4 heteroatoms. The van der Waals surface area contributed by atoms with Crippen LogP contribution in [0.15, 0.2) is 41.5 Å². The zero-order valence-corrected chi connectivity index (χ0v) is 16.6. The van der Waals surface area contributed by atoms with Crippen LogP contribution in [0.2, 0.25) is 5.02 Å².